The molecule has 142 valence electrons. The summed E-state index contributed by atoms with van der Waals surface area (Å²) in [5.74, 6) is -0.174. The highest BCUT2D eigenvalue weighted by atomic mass is 32.1. The Morgan fingerprint density at radius 1 is 1.07 bits per heavy atom. The molecule has 6 heteroatoms. The second-order valence-electron chi connectivity index (χ2n) is 6.60. The molecule has 1 amide bonds. The second kappa shape index (κ2) is 7.96. The van der Waals surface area contributed by atoms with Crippen molar-refractivity contribution in [1.29, 1.82) is 0 Å². The molecular formula is C22H20N2O3S. The molecule has 5 nitrogen and oxygen atoms in total. The molecule has 4 rings (SSSR count). The number of carbonyl (C=O) groups excluding carboxylic acids is 2. The molecule has 0 saturated carbocycles. The van der Waals surface area contributed by atoms with E-state index in [-0.39, 0.29) is 18.3 Å². The Morgan fingerprint density at radius 3 is 2.61 bits per heavy atom. The van der Waals surface area contributed by atoms with Crippen molar-refractivity contribution in [3.05, 3.63) is 70.6 Å². The summed E-state index contributed by atoms with van der Waals surface area (Å²) in [7, 11) is 0. The Labute approximate surface area is 167 Å². The van der Waals surface area contributed by atoms with E-state index in [2.05, 4.69) is 10.6 Å². The highest BCUT2D eigenvalue weighted by Crippen LogP contribution is 2.38. The lowest BCUT2D eigenvalue weighted by Crippen LogP contribution is -2.14. The fourth-order valence-corrected chi connectivity index (χ4v) is 4.27. The van der Waals surface area contributed by atoms with E-state index in [9.17, 15) is 9.59 Å². The third-order valence-electron chi connectivity index (χ3n) is 4.82. The van der Waals surface area contributed by atoms with Crippen LogP contribution in [0.4, 0.5) is 11.4 Å². The fourth-order valence-electron chi connectivity index (χ4n) is 3.49. The maximum absolute atomic E-state index is 12.7. The van der Waals surface area contributed by atoms with Crippen LogP contribution in [-0.4, -0.2) is 29.9 Å². The molecule has 0 radical (unpaired) electrons. The molecular weight excluding hydrogens is 372 g/mol. The van der Waals surface area contributed by atoms with E-state index < -0.39 is 0 Å². The molecule has 3 aromatic rings. The van der Waals surface area contributed by atoms with Gasteiger partial charge in [0.25, 0.3) is 5.91 Å². The quantitative estimate of drug-likeness (QED) is 0.587. The predicted octanol–water partition coefficient (Wildman–Crippen LogP) is 4.20. The molecule has 0 bridgehead atoms. The number of ketones is 1. The predicted molar refractivity (Wildman–Crippen MR) is 112 cm³/mol. The Balaban J connectivity index is 1.59. The number of benzene rings is 2. The number of carbonyl (C=O) groups is 2. The molecule has 0 fully saturated rings. The Hall–Kier alpha value is -2.96. The smallest absolute Gasteiger partial charge is 0.255 e. The lowest BCUT2D eigenvalue weighted by molar-refractivity contribution is 0.0995. The van der Waals surface area contributed by atoms with Gasteiger partial charge in [-0.25, -0.2) is 0 Å². The number of nitrogens with one attached hydrogen (secondary N) is 2. The third kappa shape index (κ3) is 3.56. The average molecular weight is 392 g/mol. The SMILES string of the molecule is O=C(Nc1ccc(-c2cccs2)c2c1C(=O)CC2)c1ccc(NCCO)cc1. The standard InChI is InChI=1S/C22H20N2O3S/c25-12-11-23-15-5-3-14(4-6-15)22(27)24-18-9-7-16(20-2-1-13-28-20)17-8-10-19(26)21(17)18/h1-7,9,13,23,25H,8,10-12H2,(H,24,27). The van der Waals surface area contributed by atoms with Crippen LogP contribution in [0.15, 0.2) is 53.9 Å². The summed E-state index contributed by atoms with van der Waals surface area (Å²) in [6.07, 6.45) is 1.18. The number of anilines is 2. The lowest BCUT2D eigenvalue weighted by Gasteiger charge is -2.13. The van der Waals surface area contributed by atoms with E-state index in [1.807, 2.05) is 29.6 Å². The molecule has 2 aromatic carbocycles. The van der Waals surface area contributed by atoms with E-state index >= 15 is 0 Å². The van der Waals surface area contributed by atoms with Crippen LogP contribution in [0.25, 0.3) is 10.4 Å². The van der Waals surface area contributed by atoms with Gasteiger partial charge in [-0.2, -0.15) is 0 Å². The summed E-state index contributed by atoms with van der Waals surface area (Å²) in [6.45, 7) is 0.499. The summed E-state index contributed by atoms with van der Waals surface area (Å²) in [6, 6.07) is 14.9. The first-order chi connectivity index (χ1) is 13.7. The number of Topliss-reactive ketones (excluding diaryl/α,β-unsaturated/α-hetero) is 1. The Bertz CT molecular complexity index is 1010. The van der Waals surface area contributed by atoms with Crippen LogP contribution in [0.1, 0.15) is 32.7 Å². The van der Waals surface area contributed by atoms with Crippen molar-refractivity contribution in [2.45, 2.75) is 12.8 Å². The Morgan fingerprint density at radius 2 is 1.89 bits per heavy atom. The number of rotatable bonds is 6. The molecule has 28 heavy (non-hydrogen) atoms. The van der Waals surface area contributed by atoms with Crippen molar-refractivity contribution in [2.75, 3.05) is 23.8 Å². The highest BCUT2D eigenvalue weighted by molar-refractivity contribution is 7.13. The van der Waals surface area contributed by atoms with Crippen LogP contribution < -0.4 is 10.6 Å². The summed E-state index contributed by atoms with van der Waals surface area (Å²) in [4.78, 5) is 26.3. The summed E-state index contributed by atoms with van der Waals surface area (Å²) in [5.41, 5.74) is 4.66. The molecule has 3 N–H and O–H groups in total. The van der Waals surface area contributed by atoms with Gasteiger partial charge >= 0.3 is 0 Å². The van der Waals surface area contributed by atoms with Gasteiger partial charge in [0, 0.05) is 34.7 Å². The molecule has 0 spiro atoms. The highest BCUT2D eigenvalue weighted by Gasteiger charge is 2.27. The van der Waals surface area contributed by atoms with Crippen LogP contribution in [0.5, 0.6) is 0 Å². The zero-order valence-corrected chi connectivity index (χ0v) is 16.0. The number of thiophene rings is 1. The van der Waals surface area contributed by atoms with Crippen LogP contribution >= 0.6 is 11.3 Å². The molecule has 0 saturated heterocycles. The fraction of sp³-hybridized carbons (Fsp3) is 0.182. The summed E-state index contributed by atoms with van der Waals surface area (Å²) >= 11 is 1.65. The molecule has 1 aliphatic carbocycles. The van der Waals surface area contributed by atoms with Crippen molar-refractivity contribution < 1.29 is 14.7 Å². The van der Waals surface area contributed by atoms with Crippen molar-refractivity contribution >= 4 is 34.4 Å². The Kier molecular flexibility index (Phi) is 5.23. The van der Waals surface area contributed by atoms with E-state index in [0.717, 1.165) is 21.7 Å². The summed E-state index contributed by atoms with van der Waals surface area (Å²) in [5, 5.41) is 16.8. The number of hydrogen-bond acceptors (Lipinski definition) is 5. The van der Waals surface area contributed by atoms with Crippen molar-refractivity contribution in [1.82, 2.24) is 0 Å². The van der Waals surface area contributed by atoms with Gasteiger partial charge in [-0.1, -0.05) is 12.1 Å². The largest absolute Gasteiger partial charge is 0.395 e. The van der Waals surface area contributed by atoms with E-state index in [1.54, 1.807) is 35.6 Å². The zero-order valence-electron chi connectivity index (χ0n) is 15.2. The molecule has 1 aliphatic rings. The number of amides is 1. The topological polar surface area (TPSA) is 78.4 Å². The van der Waals surface area contributed by atoms with Crippen LogP contribution in [0, 0.1) is 0 Å². The number of aliphatic hydroxyl groups is 1. The van der Waals surface area contributed by atoms with E-state index in [1.165, 1.54) is 0 Å². The first-order valence-corrected chi connectivity index (χ1v) is 10.0. The average Bonchev–Trinajstić information content (AvgIpc) is 3.38. The van der Waals surface area contributed by atoms with Crippen molar-refractivity contribution in [3.8, 4) is 10.4 Å². The molecule has 0 atom stereocenters. The molecule has 0 aliphatic heterocycles. The maximum atomic E-state index is 12.7. The van der Waals surface area contributed by atoms with Crippen LogP contribution in [0.2, 0.25) is 0 Å². The lowest BCUT2D eigenvalue weighted by atomic mass is 10.00. The molecule has 1 heterocycles. The van der Waals surface area contributed by atoms with Crippen LogP contribution in [0.3, 0.4) is 0 Å². The van der Waals surface area contributed by atoms with Gasteiger partial charge in [-0.05, 0) is 59.3 Å². The number of hydrogen-bond donors (Lipinski definition) is 3. The van der Waals surface area contributed by atoms with Crippen molar-refractivity contribution in [3.63, 3.8) is 0 Å². The second-order valence-corrected chi connectivity index (χ2v) is 7.54. The minimum Gasteiger partial charge on any atom is -0.395 e. The molecule has 1 aromatic heterocycles. The van der Waals surface area contributed by atoms with Gasteiger partial charge in [-0.3, -0.25) is 9.59 Å². The van der Waals surface area contributed by atoms with Gasteiger partial charge in [0.05, 0.1) is 12.3 Å². The van der Waals surface area contributed by atoms with Gasteiger partial charge in [0.2, 0.25) is 0 Å². The van der Waals surface area contributed by atoms with Gasteiger partial charge < -0.3 is 15.7 Å². The maximum Gasteiger partial charge on any atom is 0.255 e. The van der Waals surface area contributed by atoms with Crippen molar-refractivity contribution in [2.24, 2.45) is 0 Å². The first kappa shape index (κ1) is 18.4. The monoisotopic (exact) mass is 392 g/mol. The summed E-state index contributed by atoms with van der Waals surface area (Å²) < 4.78 is 0. The van der Waals surface area contributed by atoms with Gasteiger partial charge in [0.15, 0.2) is 5.78 Å². The normalized spacial score (nSPS) is 12.7. The minimum atomic E-state index is -0.250. The minimum absolute atomic E-state index is 0.0445. The zero-order chi connectivity index (χ0) is 19.5. The number of aliphatic hydroxyl groups excluding tert-OH is 1. The van der Waals surface area contributed by atoms with Gasteiger partial charge in [0.1, 0.15) is 0 Å². The van der Waals surface area contributed by atoms with E-state index in [4.69, 9.17) is 5.11 Å². The van der Waals surface area contributed by atoms with Crippen LogP contribution in [-0.2, 0) is 6.42 Å². The first-order valence-electron chi connectivity index (χ1n) is 9.16. The molecule has 0 unspecified atom stereocenters. The van der Waals surface area contributed by atoms with E-state index in [0.29, 0.717) is 36.2 Å². The third-order valence-corrected chi connectivity index (χ3v) is 5.72. The van der Waals surface area contributed by atoms with Gasteiger partial charge in [-0.15, -0.1) is 11.3 Å². The number of fused-ring (bicyclic) bond motifs is 1.